The Morgan fingerprint density at radius 2 is 2.00 bits per heavy atom. The molecule has 0 fully saturated rings. The van der Waals surface area contributed by atoms with E-state index in [4.69, 9.17) is 21.4 Å². The van der Waals surface area contributed by atoms with Gasteiger partial charge in [0.2, 0.25) is 0 Å². The van der Waals surface area contributed by atoms with E-state index in [0.29, 0.717) is 11.4 Å². The van der Waals surface area contributed by atoms with E-state index in [1.807, 2.05) is 26.8 Å². The van der Waals surface area contributed by atoms with Gasteiger partial charge in [0.05, 0.1) is 12.5 Å². The fourth-order valence-corrected chi connectivity index (χ4v) is 5.71. The first-order chi connectivity index (χ1) is 14.6. The van der Waals surface area contributed by atoms with Gasteiger partial charge in [-0.15, -0.1) is 11.3 Å². The molecule has 1 amide bonds. The van der Waals surface area contributed by atoms with Crippen molar-refractivity contribution in [2.45, 2.75) is 39.0 Å². The van der Waals surface area contributed by atoms with E-state index in [9.17, 15) is 13.2 Å². The van der Waals surface area contributed by atoms with Crippen molar-refractivity contribution in [1.82, 2.24) is 5.16 Å². The van der Waals surface area contributed by atoms with E-state index in [1.165, 1.54) is 11.4 Å². The highest BCUT2D eigenvalue weighted by Gasteiger charge is 2.27. The third kappa shape index (κ3) is 4.44. The summed E-state index contributed by atoms with van der Waals surface area (Å²) in [7, 11) is -4.15. The first-order valence-corrected chi connectivity index (χ1v) is 11.8. The number of carbonyl (C=O) groups excluding carboxylic acids is 1. The number of halogens is 1. The minimum Gasteiger partial charge on any atom is -0.336 e. The summed E-state index contributed by atoms with van der Waals surface area (Å²) in [5.74, 6) is -0.795. The van der Waals surface area contributed by atoms with Gasteiger partial charge in [0.25, 0.3) is 21.8 Å². The fraction of sp³-hybridized carbons (Fsp3) is 0.250. The molecule has 0 aliphatic carbocycles. The highest BCUT2D eigenvalue weighted by atomic mass is 35.5. The highest BCUT2D eigenvalue weighted by Crippen LogP contribution is 2.32. The maximum Gasteiger partial charge on any atom is 0.267 e. The number of nitriles is 1. The van der Waals surface area contributed by atoms with Crippen molar-refractivity contribution in [1.29, 1.82) is 5.26 Å². The maximum absolute atomic E-state index is 13.0. The van der Waals surface area contributed by atoms with E-state index in [1.54, 1.807) is 6.92 Å². The van der Waals surface area contributed by atoms with Crippen molar-refractivity contribution in [3.05, 3.63) is 55.4 Å². The Balaban J connectivity index is 1.94. The lowest BCUT2D eigenvalue weighted by Crippen LogP contribution is -2.19. The van der Waals surface area contributed by atoms with Gasteiger partial charge in [-0.25, -0.2) is 13.1 Å². The summed E-state index contributed by atoms with van der Waals surface area (Å²) in [5.41, 5.74) is 4.26. The van der Waals surface area contributed by atoms with E-state index < -0.39 is 15.9 Å². The number of hydrogen-bond donors (Lipinski definition) is 2. The molecule has 3 aromatic rings. The quantitative estimate of drug-likeness (QED) is 0.527. The number of nitrogens with zero attached hydrogens (tertiary/aromatic N) is 2. The predicted octanol–water partition coefficient (Wildman–Crippen LogP) is 4.74. The summed E-state index contributed by atoms with van der Waals surface area (Å²) < 4.78 is 32.8. The minimum absolute atomic E-state index is 0.000989. The number of thiophene rings is 1. The summed E-state index contributed by atoms with van der Waals surface area (Å²) >= 11 is 6.98. The molecule has 11 heteroatoms. The lowest BCUT2D eigenvalue weighted by Gasteiger charge is -2.17. The molecule has 3 rings (SSSR count). The number of aromatic nitrogens is 1. The van der Waals surface area contributed by atoms with Gasteiger partial charge in [-0.3, -0.25) is 4.79 Å². The Labute approximate surface area is 188 Å². The van der Waals surface area contributed by atoms with Crippen LogP contribution in [0.15, 0.2) is 26.9 Å². The second-order valence-electron chi connectivity index (χ2n) is 6.91. The number of anilines is 2. The van der Waals surface area contributed by atoms with Crippen molar-refractivity contribution in [3.8, 4) is 6.07 Å². The third-order valence-electron chi connectivity index (χ3n) is 4.77. The summed E-state index contributed by atoms with van der Waals surface area (Å²) in [5, 5.41) is 17.1. The Hall–Kier alpha value is -2.87. The van der Waals surface area contributed by atoms with E-state index in [2.05, 4.69) is 21.3 Å². The molecule has 0 radical (unpaired) electrons. The van der Waals surface area contributed by atoms with Gasteiger partial charge >= 0.3 is 0 Å². The van der Waals surface area contributed by atoms with Crippen LogP contribution in [0.3, 0.4) is 0 Å². The van der Waals surface area contributed by atoms with Gasteiger partial charge in [-0.1, -0.05) is 22.8 Å². The second-order valence-corrected chi connectivity index (χ2v) is 9.85. The molecule has 0 bridgehead atoms. The topological polar surface area (TPSA) is 125 Å². The third-order valence-corrected chi connectivity index (χ3v) is 7.63. The van der Waals surface area contributed by atoms with Gasteiger partial charge < -0.3 is 9.84 Å². The van der Waals surface area contributed by atoms with Crippen LogP contribution in [0.5, 0.6) is 0 Å². The van der Waals surface area contributed by atoms with Gasteiger partial charge in [0.1, 0.15) is 20.5 Å². The number of carbonyl (C=O) groups is 1. The zero-order valence-corrected chi connectivity index (χ0v) is 19.5. The second kappa shape index (κ2) is 8.70. The minimum atomic E-state index is -4.15. The molecule has 162 valence electrons. The number of benzene rings is 1. The van der Waals surface area contributed by atoms with Gasteiger partial charge in [0.15, 0.2) is 0 Å². The number of sulfonamides is 1. The molecular formula is C20H19ClN4O4S2. The lowest BCUT2D eigenvalue weighted by molar-refractivity contribution is 0.102. The SMILES string of the molecule is Cc1cc(C)c(NC(=O)c2sccc2S(=O)(=O)Nc2onc(C)c2Cl)c(C)c1CC#N. The molecule has 1 aromatic carbocycles. The molecule has 0 saturated heterocycles. The van der Waals surface area contributed by atoms with Crippen molar-refractivity contribution >= 4 is 50.4 Å². The normalized spacial score (nSPS) is 11.2. The molecule has 31 heavy (non-hydrogen) atoms. The molecule has 0 aliphatic rings. The molecule has 2 heterocycles. The van der Waals surface area contributed by atoms with Crippen LogP contribution in [-0.2, 0) is 16.4 Å². The number of aryl methyl sites for hydroxylation is 3. The zero-order chi connectivity index (χ0) is 22.9. The van der Waals surface area contributed by atoms with Crippen LogP contribution in [0.1, 0.15) is 37.6 Å². The molecule has 0 spiro atoms. The largest absolute Gasteiger partial charge is 0.336 e. The summed E-state index contributed by atoms with van der Waals surface area (Å²) in [6.45, 7) is 7.14. The number of rotatable bonds is 6. The molecule has 0 saturated carbocycles. The smallest absolute Gasteiger partial charge is 0.267 e. The summed E-state index contributed by atoms with van der Waals surface area (Å²) in [4.78, 5) is 12.8. The van der Waals surface area contributed by atoms with Crippen molar-refractivity contribution < 1.29 is 17.7 Å². The summed E-state index contributed by atoms with van der Waals surface area (Å²) in [6.07, 6.45) is 0.209. The van der Waals surface area contributed by atoms with E-state index in [0.717, 1.165) is 33.6 Å². The predicted molar refractivity (Wildman–Crippen MR) is 119 cm³/mol. The van der Waals surface area contributed by atoms with Gasteiger partial charge in [-0.05, 0) is 61.4 Å². The molecule has 0 atom stereocenters. The first-order valence-electron chi connectivity index (χ1n) is 9.06. The van der Waals surface area contributed by atoms with Gasteiger partial charge in [0, 0.05) is 5.69 Å². The monoisotopic (exact) mass is 478 g/mol. The Morgan fingerprint density at radius 1 is 1.29 bits per heavy atom. The molecule has 0 unspecified atom stereocenters. The highest BCUT2D eigenvalue weighted by molar-refractivity contribution is 7.93. The van der Waals surface area contributed by atoms with Crippen molar-refractivity contribution in [2.75, 3.05) is 10.0 Å². The zero-order valence-electron chi connectivity index (χ0n) is 17.2. The number of hydrogen-bond acceptors (Lipinski definition) is 7. The lowest BCUT2D eigenvalue weighted by atomic mass is 9.95. The Bertz CT molecular complexity index is 1320. The maximum atomic E-state index is 13.0. The fourth-order valence-electron chi connectivity index (χ4n) is 3.21. The van der Waals surface area contributed by atoms with Crippen molar-refractivity contribution in [3.63, 3.8) is 0 Å². The Morgan fingerprint density at radius 3 is 2.61 bits per heavy atom. The van der Waals surface area contributed by atoms with Crippen LogP contribution in [0.4, 0.5) is 11.6 Å². The van der Waals surface area contributed by atoms with Crippen LogP contribution < -0.4 is 10.0 Å². The Kier molecular flexibility index (Phi) is 6.40. The molecular weight excluding hydrogens is 460 g/mol. The molecule has 2 aromatic heterocycles. The average molecular weight is 479 g/mol. The van der Waals surface area contributed by atoms with Crippen LogP contribution >= 0.6 is 22.9 Å². The number of nitrogens with one attached hydrogen (secondary N) is 2. The van der Waals surface area contributed by atoms with Gasteiger partial charge in [-0.2, -0.15) is 5.26 Å². The summed E-state index contributed by atoms with van der Waals surface area (Å²) in [6, 6.07) is 5.34. The molecule has 2 N–H and O–H groups in total. The van der Waals surface area contributed by atoms with Crippen LogP contribution in [-0.4, -0.2) is 19.5 Å². The molecule has 8 nitrogen and oxygen atoms in total. The first kappa shape index (κ1) is 22.8. The van der Waals surface area contributed by atoms with Crippen molar-refractivity contribution in [2.24, 2.45) is 0 Å². The molecule has 0 aliphatic heterocycles. The van der Waals surface area contributed by atoms with Crippen LogP contribution in [0.2, 0.25) is 5.02 Å². The average Bonchev–Trinajstić information content (AvgIpc) is 3.31. The standard InChI is InChI=1S/C20H19ClN4O4S2/c1-10-9-11(2)17(12(3)14(10)5-7-22)23-19(26)18-15(6-8-30-18)31(27,28)25-20-16(21)13(4)24-29-20/h6,8-9,25H,5H2,1-4H3,(H,23,26). The van der Waals surface area contributed by atoms with Crippen LogP contribution in [0, 0.1) is 39.0 Å². The van der Waals surface area contributed by atoms with E-state index >= 15 is 0 Å². The van der Waals surface area contributed by atoms with E-state index in [-0.39, 0.29) is 27.1 Å². The van der Waals surface area contributed by atoms with Crippen LogP contribution in [0.25, 0.3) is 0 Å². The number of amides is 1.